The van der Waals surface area contributed by atoms with E-state index in [0.717, 1.165) is 10.0 Å². The Kier molecular flexibility index (Phi) is 5.98. The van der Waals surface area contributed by atoms with Crippen LogP contribution in [0.3, 0.4) is 0 Å². The minimum atomic E-state index is -0.758. The molecule has 0 aliphatic carbocycles. The van der Waals surface area contributed by atoms with Crippen molar-refractivity contribution in [1.29, 1.82) is 0 Å². The van der Waals surface area contributed by atoms with E-state index >= 15 is 0 Å². The number of hydrogen-bond acceptors (Lipinski definition) is 3. The van der Waals surface area contributed by atoms with Crippen molar-refractivity contribution in [3.8, 4) is 0 Å². The highest BCUT2D eigenvalue weighted by Crippen LogP contribution is 2.14. The molecule has 0 bridgehead atoms. The fraction of sp³-hybridized carbons (Fsp3) is 0.385. The lowest BCUT2D eigenvalue weighted by molar-refractivity contribution is -0.140. The van der Waals surface area contributed by atoms with Crippen LogP contribution >= 0.6 is 15.9 Å². The number of nitrogens with zero attached hydrogens (tertiary/aromatic N) is 1. The molecule has 1 atom stereocenters. The van der Waals surface area contributed by atoms with Gasteiger partial charge in [-0.1, -0.05) is 28.1 Å². The second-order valence-corrected chi connectivity index (χ2v) is 5.06. The Morgan fingerprint density at radius 3 is 2.37 bits per heavy atom. The summed E-state index contributed by atoms with van der Waals surface area (Å²) in [5.41, 5.74) is 6.24. The number of halogens is 1. The number of carbonyl (C=O) groups is 2. The fourth-order valence-corrected chi connectivity index (χ4v) is 1.98. The Bertz CT molecular complexity index is 448. The van der Waals surface area contributed by atoms with Crippen molar-refractivity contribution in [2.24, 2.45) is 5.73 Å². The highest BCUT2D eigenvalue weighted by molar-refractivity contribution is 9.10. The standard InChI is InChI=1S/C13H17BrN2O3/c1-9(17)16(12(8-19-2)13(15)18)7-10-3-5-11(14)6-4-10/h3-6,12H,7-8H2,1-2H3,(H2,15,18)/t12-/m1/s1. The van der Waals surface area contributed by atoms with Crippen LogP contribution in [0, 0.1) is 0 Å². The monoisotopic (exact) mass is 328 g/mol. The molecule has 1 aromatic carbocycles. The Labute approximate surface area is 120 Å². The number of rotatable bonds is 6. The number of carbonyl (C=O) groups excluding carboxylic acids is 2. The summed E-state index contributed by atoms with van der Waals surface area (Å²) in [6.07, 6.45) is 0. The van der Waals surface area contributed by atoms with Gasteiger partial charge in [-0.2, -0.15) is 0 Å². The van der Waals surface area contributed by atoms with Crippen molar-refractivity contribution in [2.75, 3.05) is 13.7 Å². The van der Waals surface area contributed by atoms with Crippen molar-refractivity contribution < 1.29 is 14.3 Å². The van der Waals surface area contributed by atoms with Crippen LogP contribution in [0.4, 0.5) is 0 Å². The fourth-order valence-electron chi connectivity index (χ4n) is 1.71. The van der Waals surface area contributed by atoms with Crippen LogP contribution in [0.15, 0.2) is 28.7 Å². The van der Waals surface area contributed by atoms with Gasteiger partial charge in [-0.25, -0.2) is 0 Å². The van der Waals surface area contributed by atoms with Gasteiger partial charge >= 0.3 is 0 Å². The summed E-state index contributed by atoms with van der Waals surface area (Å²) in [6, 6.07) is 6.76. The predicted molar refractivity (Wildman–Crippen MR) is 75.2 cm³/mol. The van der Waals surface area contributed by atoms with Gasteiger partial charge in [0.05, 0.1) is 6.61 Å². The SMILES string of the molecule is COC[C@H](C(N)=O)N(Cc1ccc(Br)cc1)C(C)=O. The van der Waals surface area contributed by atoms with E-state index in [9.17, 15) is 9.59 Å². The molecule has 0 heterocycles. The zero-order chi connectivity index (χ0) is 14.4. The molecule has 1 aromatic rings. The average molecular weight is 329 g/mol. The van der Waals surface area contributed by atoms with Crippen molar-refractivity contribution in [1.82, 2.24) is 4.90 Å². The number of amides is 2. The summed E-state index contributed by atoms with van der Waals surface area (Å²) in [6.45, 7) is 1.81. The number of nitrogens with two attached hydrogens (primary N) is 1. The summed E-state index contributed by atoms with van der Waals surface area (Å²) >= 11 is 3.34. The van der Waals surface area contributed by atoms with Crippen LogP contribution in [0.1, 0.15) is 12.5 Å². The molecule has 0 aliphatic rings. The third-order valence-corrected chi connectivity index (χ3v) is 3.23. The molecule has 0 aliphatic heterocycles. The Morgan fingerprint density at radius 2 is 1.95 bits per heavy atom. The lowest BCUT2D eigenvalue weighted by Crippen LogP contribution is -2.49. The van der Waals surface area contributed by atoms with Crippen LogP contribution in [0.5, 0.6) is 0 Å². The molecule has 0 spiro atoms. The first-order valence-corrected chi connectivity index (χ1v) is 6.55. The molecule has 0 aromatic heterocycles. The van der Waals surface area contributed by atoms with E-state index in [1.165, 1.54) is 18.9 Å². The van der Waals surface area contributed by atoms with Gasteiger partial charge in [-0.05, 0) is 17.7 Å². The van der Waals surface area contributed by atoms with E-state index < -0.39 is 11.9 Å². The lowest BCUT2D eigenvalue weighted by atomic mass is 10.1. The van der Waals surface area contributed by atoms with Crippen LogP contribution in [0.2, 0.25) is 0 Å². The molecular formula is C13H17BrN2O3. The number of benzene rings is 1. The smallest absolute Gasteiger partial charge is 0.242 e. The normalized spacial score (nSPS) is 11.9. The van der Waals surface area contributed by atoms with E-state index in [0.29, 0.717) is 6.54 Å². The zero-order valence-corrected chi connectivity index (χ0v) is 12.5. The zero-order valence-electron chi connectivity index (χ0n) is 10.9. The molecule has 104 valence electrons. The molecule has 0 fully saturated rings. The largest absolute Gasteiger partial charge is 0.382 e. The second kappa shape index (κ2) is 7.25. The van der Waals surface area contributed by atoms with Gasteiger partial charge in [0.1, 0.15) is 6.04 Å². The Balaban J connectivity index is 2.90. The second-order valence-electron chi connectivity index (χ2n) is 4.15. The molecule has 6 heteroatoms. The molecule has 5 nitrogen and oxygen atoms in total. The summed E-state index contributed by atoms with van der Waals surface area (Å²) in [5, 5.41) is 0. The molecule has 0 saturated carbocycles. The van der Waals surface area contributed by atoms with Gasteiger partial charge in [-0.15, -0.1) is 0 Å². The van der Waals surface area contributed by atoms with Crippen molar-refractivity contribution in [3.05, 3.63) is 34.3 Å². The summed E-state index contributed by atoms with van der Waals surface area (Å²) < 4.78 is 5.90. The minimum Gasteiger partial charge on any atom is -0.382 e. The van der Waals surface area contributed by atoms with E-state index in [1.807, 2.05) is 24.3 Å². The van der Waals surface area contributed by atoms with E-state index in [-0.39, 0.29) is 12.5 Å². The van der Waals surface area contributed by atoms with Gasteiger partial charge in [-0.3, -0.25) is 9.59 Å². The molecular weight excluding hydrogens is 312 g/mol. The quantitative estimate of drug-likeness (QED) is 0.855. The van der Waals surface area contributed by atoms with Crippen LogP contribution in [-0.2, 0) is 20.9 Å². The minimum absolute atomic E-state index is 0.0887. The maximum absolute atomic E-state index is 11.7. The molecule has 0 saturated heterocycles. The van der Waals surface area contributed by atoms with Gasteiger partial charge in [0.2, 0.25) is 11.8 Å². The third-order valence-electron chi connectivity index (χ3n) is 2.70. The van der Waals surface area contributed by atoms with E-state index in [4.69, 9.17) is 10.5 Å². The molecule has 2 N–H and O–H groups in total. The van der Waals surface area contributed by atoms with Crippen LogP contribution in [0.25, 0.3) is 0 Å². The molecule has 19 heavy (non-hydrogen) atoms. The van der Waals surface area contributed by atoms with Gasteiger partial charge < -0.3 is 15.4 Å². The van der Waals surface area contributed by atoms with Crippen LogP contribution in [-0.4, -0.2) is 36.5 Å². The Morgan fingerprint density at radius 1 is 1.37 bits per heavy atom. The third kappa shape index (κ3) is 4.65. The van der Waals surface area contributed by atoms with Crippen molar-refractivity contribution in [3.63, 3.8) is 0 Å². The topological polar surface area (TPSA) is 72.6 Å². The average Bonchev–Trinajstić information content (AvgIpc) is 2.35. The first-order valence-electron chi connectivity index (χ1n) is 5.75. The first-order chi connectivity index (χ1) is 8.95. The summed E-state index contributed by atoms with van der Waals surface area (Å²) in [5.74, 6) is -0.794. The first kappa shape index (κ1) is 15.7. The maximum atomic E-state index is 11.7. The highest BCUT2D eigenvalue weighted by Gasteiger charge is 2.26. The van der Waals surface area contributed by atoms with E-state index in [2.05, 4.69) is 15.9 Å². The van der Waals surface area contributed by atoms with Gasteiger partial charge in [0.15, 0.2) is 0 Å². The number of primary amides is 1. The Hall–Kier alpha value is -1.40. The van der Waals surface area contributed by atoms with Gasteiger partial charge in [0.25, 0.3) is 0 Å². The molecule has 2 amide bonds. The molecule has 0 unspecified atom stereocenters. The van der Waals surface area contributed by atoms with E-state index in [1.54, 1.807) is 0 Å². The number of ether oxygens (including phenoxy) is 1. The van der Waals surface area contributed by atoms with Crippen molar-refractivity contribution >= 4 is 27.7 Å². The summed E-state index contributed by atoms with van der Waals surface area (Å²) in [4.78, 5) is 24.5. The lowest BCUT2D eigenvalue weighted by Gasteiger charge is -2.28. The maximum Gasteiger partial charge on any atom is 0.242 e. The molecule has 0 radical (unpaired) electrons. The van der Waals surface area contributed by atoms with Crippen LogP contribution < -0.4 is 5.73 Å². The van der Waals surface area contributed by atoms with Crippen molar-refractivity contribution in [2.45, 2.75) is 19.5 Å². The molecule has 1 rings (SSSR count). The predicted octanol–water partition coefficient (Wildman–Crippen LogP) is 1.30. The number of methoxy groups -OCH3 is 1. The number of hydrogen-bond donors (Lipinski definition) is 1. The van der Waals surface area contributed by atoms with Gasteiger partial charge in [0, 0.05) is 25.1 Å². The highest BCUT2D eigenvalue weighted by atomic mass is 79.9. The summed E-state index contributed by atoms with van der Waals surface area (Å²) in [7, 11) is 1.47.